The second-order valence-electron chi connectivity index (χ2n) is 5.10. The Hall–Kier alpha value is -1.76. The van der Waals surface area contributed by atoms with Crippen molar-refractivity contribution >= 4 is 37.6 Å². The molecule has 1 aromatic heterocycles. The van der Waals surface area contributed by atoms with Crippen LogP contribution in [0.5, 0.6) is 0 Å². The lowest BCUT2D eigenvalue weighted by atomic mass is 10.1. The molecule has 1 heterocycles. The normalized spacial score (nSPS) is 12.8. The van der Waals surface area contributed by atoms with Gasteiger partial charge in [-0.2, -0.15) is 8.42 Å². The second kappa shape index (κ2) is 8.56. The molecule has 1 unspecified atom stereocenters. The van der Waals surface area contributed by atoms with Gasteiger partial charge in [0.25, 0.3) is 10.2 Å². The predicted molar refractivity (Wildman–Crippen MR) is 94.7 cm³/mol. The van der Waals surface area contributed by atoms with Crippen molar-refractivity contribution in [3.05, 3.63) is 34.2 Å². The molecule has 2 rings (SSSR count). The first-order chi connectivity index (χ1) is 11.8. The van der Waals surface area contributed by atoms with E-state index in [0.717, 1.165) is 0 Å². The van der Waals surface area contributed by atoms with E-state index in [4.69, 9.17) is 9.77 Å². The summed E-state index contributed by atoms with van der Waals surface area (Å²) < 4.78 is 42.2. The monoisotopic (exact) mass is 436 g/mol. The van der Waals surface area contributed by atoms with Crippen LogP contribution in [-0.2, 0) is 10.2 Å². The first-order valence-electron chi connectivity index (χ1n) is 7.35. The maximum absolute atomic E-state index is 13.3. The van der Waals surface area contributed by atoms with Gasteiger partial charge >= 0.3 is 0 Å². The van der Waals surface area contributed by atoms with Gasteiger partial charge in [0.05, 0.1) is 10.5 Å². The Balaban J connectivity index is 2.03. The number of halogens is 2. The number of hydrogen-bond donors (Lipinski definition) is 4. The highest BCUT2D eigenvalue weighted by molar-refractivity contribution is 9.10. The van der Waals surface area contributed by atoms with Crippen molar-refractivity contribution in [3.63, 3.8) is 0 Å². The van der Waals surface area contributed by atoms with E-state index in [-0.39, 0.29) is 24.9 Å². The van der Waals surface area contributed by atoms with Gasteiger partial charge in [0.15, 0.2) is 11.5 Å². The van der Waals surface area contributed by atoms with Crippen molar-refractivity contribution in [1.29, 1.82) is 0 Å². The predicted octanol–water partition coefficient (Wildman–Crippen LogP) is 1.74. The van der Waals surface area contributed by atoms with E-state index in [9.17, 15) is 12.8 Å². The van der Waals surface area contributed by atoms with Gasteiger partial charge in [0.2, 0.25) is 0 Å². The van der Waals surface area contributed by atoms with Gasteiger partial charge in [-0.25, -0.2) is 18.9 Å². The molecule has 0 spiro atoms. The molecule has 1 aromatic carbocycles. The number of rotatable bonds is 9. The first-order valence-corrected chi connectivity index (χ1v) is 9.69. The van der Waals surface area contributed by atoms with E-state index in [1.54, 1.807) is 12.1 Å². The minimum absolute atomic E-state index is 0.0836. The van der Waals surface area contributed by atoms with Crippen LogP contribution in [0.2, 0.25) is 0 Å². The van der Waals surface area contributed by atoms with Crippen molar-refractivity contribution in [3.8, 4) is 0 Å². The van der Waals surface area contributed by atoms with Gasteiger partial charge in [-0.05, 0) is 45.7 Å². The summed E-state index contributed by atoms with van der Waals surface area (Å²) in [6.07, 6.45) is 0.660. The van der Waals surface area contributed by atoms with Crippen LogP contribution in [0, 0.1) is 5.82 Å². The third-order valence-electron chi connectivity index (χ3n) is 3.23. The highest BCUT2D eigenvalue weighted by atomic mass is 79.9. The van der Waals surface area contributed by atoms with Crippen LogP contribution in [0.25, 0.3) is 0 Å². The number of hydrogen-bond acceptors (Lipinski definition) is 7. The van der Waals surface area contributed by atoms with Crippen LogP contribution in [0.1, 0.15) is 25.1 Å². The third kappa shape index (κ3) is 5.92. The second-order valence-corrected chi connectivity index (χ2v) is 7.33. The zero-order valence-electron chi connectivity index (χ0n) is 13.3. The fourth-order valence-corrected chi connectivity index (χ4v) is 2.84. The van der Waals surface area contributed by atoms with E-state index in [1.165, 1.54) is 6.07 Å². The molecule has 25 heavy (non-hydrogen) atoms. The van der Waals surface area contributed by atoms with Crippen LogP contribution in [0.4, 0.5) is 15.9 Å². The molecule has 138 valence electrons. The Morgan fingerprint density at radius 3 is 2.76 bits per heavy atom. The van der Waals surface area contributed by atoms with Crippen molar-refractivity contribution in [2.45, 2.75) is 19.4 Å². The van der Waals surface area contributed by atoms with Crippen LogP contribution in [-0.4, -0.2) is 31.8 Å². The van der Waals surface area contributed by atoms with Crippen LogP contribution in [0.3, 0.4) is 0 Å². The molecule has 0 saturated heterocycles. The van der Waals surface area contributed by atoms with Gasteiger partial charge in [0.1, 0.15) is 5.82 Å². The average molecular weight is 437 g/mol. The van der Waals surface area contributed by atoms with Gasteiger partial charge in [-0.15, -0.1) is 0 Å². The summed E-state index contributed by atoms with van der Waals surface area (Å²) >= 11 is 3.14. The lowest BCUT2D eigenvalue weighted by molar-refractivity contribution is 0.302. The van der Waals surface area contributed by atoms with E-state index >= 15 is 0 Å². The standard InChI is InChI=1S/C13H18BrFN6O3S/c1-2-11(19-8-3-4-10(15)9(14)7-8)12-13(21-24-20-12)17-5-6-18-25(16,22)23/h3-4,7,11,18-19H,2,5-6H2,1H3,(H,17,21)(H2,16,22,23). The smallest absolute Gasteiger partial charge is 0.274 e. The van der Waals surface area contributed by atoms with Crippen LogP contribution >= 0.6 is 15.9 Å². The number of nitrogens with one attached hydrogen (secondary N) is 3. The molecule has 5 N–H and O–H groups in total. The molecule has 0 bridgehead atoms. The van der Waals surface area contributed by atoms with E-state index in [2.05, 4.69) is 41.6 Å². The molecule has 9 nitrogen and oxygen atoms in total. The van der Waals surface area contributed by atoms with Crippen molar-refractivity contribution < 1.29 is 17.4 Å². The zero-order chi connectivity index (χ0) is 18.4. The third-order valence-corrected chi connectivity index (χ3v) is 4.45. The van der Waals surface area contributed by atoms with Gasteiger partial charge in [-0.3, -0.25) is 0 Å². The van der Waals surface area contributed by atoms with E-state index in [0.29, 0.717) is 28.1 Å². The van der Waals surface area contributed by atoms with E-state index in [1.807, 2.05) is 6.92 Å². The minimum atomic E-state index is -3.74. The Bertz CT molecular complexity index is 816. The molecule has 0 aliphatic rings. The molecule has 12 heteroatoms. The minimum Gasteiger partial charge on any atom is -0.376 e. The summed E-state index contributed by atoms with van der Waals surface area (Å²) in [7, 11) is -3.74. The number of nitrogens with two attached hydrogens (primary N) is 1. The fraction of sp³-hybridized carbons (Fsp3) is 0.385. The molecule has 2 aromatic rings. The zero-order valence-corrected chi connectivity index (χ0v) is 15.7. The number of anilines is 2. The topological polar surface area (TPSA) is 135 Å². The molecule has 1 atom stereocenters. The highest BCUT2D eigenvalue weighted by Crippen LogP contribution is 2.28. The Morgan fingerprint density at radius 2 is 2.12 bits per heavy atom. The van der Waals surface area contributed by atoms with Gasteiger partial charge < -0.3 is 10.6 Å². The highest BCUT2D eigenvalue weighted by Gasteiger charge is 2.20. The summed E-state index contributed by atoms with van der Waals surface area (Å²) in [5, 5.41) is 18.7. The van der Waals surface area contributed by atoms with Crippen molar-refractivity contribution in [2.24, 2.45) is 5.14 Å². The quantitative estimate of drug-likeness (QED) is 0.439. The van der Waals surface area contributed by atoms with Crippen LogP contribution < -0.4 is 20.5 Å². The maximum atomic E-state index is 13.3. The maximum Gasteiger partial charge on any atom is 0.274 e. The summed E-state index contributed by atoms with van der Waals surface area (Å²) in [4.78, 5) is 0. The largest absolute Gasteiger partial charge is 0.376 e. The molecule has 0 radical (unpaired) electrons. The number of aromatic nitrogens is 2. The van der Waals surface area contributed by atoms with Gasteiger partial charge in [-0.1, -0.05) is 12.1 Å². The molecule has 0 aliphatic carbocycles. The van der Waals surface area contributed by atoms with Crippen LogP contribution in [0.15, 0.2) is 27.3 Å². The molecule has 0 aliphatic heterocycles. The SMILES string of the molecule is CCC(Nc1ccc(F)c(Br)c1)c1nonc1NCCNS(N)(=O)=O. The Morgan fingerprint density at radius 1 is 1.36 bits per heavy atom. The summed E-state index contributed by atoms with van der Waals surface area (Å²) in [6, 6.07) is 4.34. The lowest BCUT2D eigenvalue weighted by Crippen LogP contribution is -2.34. The lowest BCUT2D eigenvalue weighted by Gasteiger charge is -2.17. The number of benzene rings is 1. The fourth-order valence-electron chi connectivity index (χ4n) is 2.07. The Labute approximate surface area is 152 Å². The first kappa shape index (κ1) is 19.6. The summed E-state index contributed by atoms with van der Waals surface area (Å²) in [5.74, 6) is 0.0307. The summed E-state index contributed by atoms with van der Waals surface area (Å²) in [6.45, 7) is 2.27. The van der Waals surface area contributed by atoms with Crippen molar-refractivity contribution in [1.82, 2.24) is 15.0 Å². The van der Waals surface area contributed by atoms with Crippen molar-refractivity contribution in [2.75, 3.05) is 23.7 Å². The molecular weight excluding hydrogens is 419 g/mol. The number of nitrogens with zero attached hydrogens (tertiary/aromatic N) is 2. The van der Waals surface area contributed by atoms with E-state index < -0.39 is 10.2 Å². The molecular formula is C13H18BrFN6O3S. The Kier molecular flexibility index (Phi) is 6.70. The molecule has 0 saturated carbocycles. The average Bonchev–Trinajstić information content (AvgIpc) is 3.00. The summed E-state index contributed by atoms with van der Waals surface area (Å²) in [5.41, 5.74) is 1.23. The molecule has 0 amide bonds. The molecule has 0 fully saturated rings. The van der Waals surface area contributed by atoms with Gasteiger partial charge in [0, 0.05) is 18.8 Å².